The lowest BCUT2D eigenvalue weighted by Gasteiger charge is -2.40. The molecule has 0 aliphatic heterocycles. The summed E-state index contributed by atoms with van der Waals surface area (Å²) in [7, 11) is -9.62. The fourth-order valence-corrected chi connectivity index (χ4v) is 2.26. The van der Waals surface area contributed by atoms with Crippen molar-refractivity contribution in [2.45, 2.75) is 11.8 Å². The molecule has 0 spiro atoms. The van der Waals surface area contributed by atoms with E-state index < -0.39 is 15.1 Å². The Morgan fingerprint density at radius 3 is 2.10 bits per heavy atom. The molecule has 2 rings (SSSR count). The highest BCUT2D eigenvalue weighted by Crippen LogP contribution is 3.02. The van der Waals surface area contributed by atoms with Crippen LogP contribution in [0.3, 0.4) is 0 Å². The molecule has 0 aliphatic rings. The van der Waals surface area contributed by atoms with Crippen LogP contribution in [0.1, 0.15) is 12.5 Å². The first-order valence-electron chi connectivity index (χ1n) is 5.75. The van der Waals surface area contributed by atoms with Gasteiger partial charge in [-0.25, -0.2) is 0 Å². The molecule has 0 N–H and O–H groups in total. The third kappa shape index (κ3) is 4.01. The quantitative estimate of drug-likeness (QED) is 0.512. The Morgan fingerprint density at radius 2 is 1.62 bits per heavy atom. The van der Waals surface area contributed by atoms with E-state index in [0.717, 1.165) is 12.1 Å². The van der Waals surface area contributed by atoms with E-state index in [2.05, 4.69) is 9.98 Å². The van der Waals surface area contributed by atoms with E-state index >= 15 is 0 Å². The minimum Gasteiger partial charge on any atom is -0.264 e. The third-order valence-electron chi connectivity index (χ3n) is 2.66. The number of rotatable bonds is 3. The standard InChI is InChI=1S/C13H11F5N2S/c1-10(11-3-2-8-19-9-11)20-12-4-6-13(7-5-12)21(14,15,16,17)18/h2-9H,1H3. The zero-order chi connectivity index (χ0) is 15.8. The first-order chi connectivity index (χ1) is 9.45. The molecule has 8 heteroatoms. The van der Waals surface area contributed by atoms with Gasteiger partial charge in [-0.05, 0) is 37.3 Å². The topological polar surface area (TPSA) is 25.2 Å². The van der Waals surface area contributed by atoms with E-state index in [4.69, 9.17) is 0 Å². The number of pyridine rings is 1. The van der Waals surface area contributed by atoms with Crippen molar-refractivity contribution in [3.05, 3.63) is 54.4 Å². The Labute approximate surface area is 118 Å². The molecular weight excluding hydrogens is 311 g/mol. The van der Waals surface area contributed by atoms with Crippen molar-refractivity contribution >= 4 is 21.6 Å². The lowest BCUT2D eigenvalue weighted by atomic mass is 10.2. The van der Waals surface area contributed by atoms with Crippen LogP contribution < -0.4 is 0 Å². The summed E-state index contributed by atoms with van der Waals surface area (Å²) < 4.78 is 62.8. The summed E-state index contributed by atoms with van der Waals surface area (Å²) in [5, 5.41) is 0. The summed E-state index contributed by atoms with van der Waals surface area (Å²) in [6.45, 7) is 1.65. The summed E-state index contributed by atoms with van der Waals surface area (Å²) in [6, 6.07) is 5.93. The molecule has 0 fully saturated rings. The minimum atomic E-state index is -9.62. The zero-order valence-electron chi connectivity index (χ0n) is 10.8. The number of aromatic nitrogens is 1. The monoisotopic (exact) mass is 322 g/mol. The average molecular weight is 322 g/mol. The van der Waals surface area contributed by atoms with Crippen molar-refractivity contribution in [1.29, 1.82) is 0 Å². The van der Waals surface area contributed by atoms with Crippen molar-refractivity contribution < 1.29 is 19.4 Å². The minimum absolute atomic E-state index is 0.155. The van der Waals surface area contributed by atoms with Crippen molar-refractivity contribution in [1.82, 2.24) is 4.98 Å². The first kappa shape index (κ1) is 15.4. The smallest absolute Gasteiger partial charge is 0.264 e. The van der Waals surface area contributed by atoms with Crippen molar-refractivity contribution in [2.75, 3.05) is 0 Å². The van der Waals surface area contributed by atoms with Gasteiger partial charge in [0.05, 0.1) is 5.69 Å². The van der Waals surface area contributed by atoms with Crippen LogP contribution in [0.5, 0.6) is 0 Å². The van der Waals surface area contributed by atoms with Gasteiger partial charge in [0.25, 0.3) is 0 Å². The normalized spacial score (nSPS) is 16.2. The van der Waals surface area contributed by atoms with Crippen molar-refractivity contribution in [3.63, 3.8) is 0 Å². The number of halogens is 5. The van der Waals surface area contributed by atoms with E-state index in [-0.39, 0.29) is 5.69 Å². The Kier molecular flexibility index (Phi) is 3.13. The SMILES string of the molecule is CC(=Nc1ccc(S(F)(F)(F)(F)F)cc1)c1cccnc1. The Morgan fingerprint density at radius 1 is 1.00 bits per heavy atom. The molecule has 21 heavy (non-hydrogen) atoms. The lowest BCUT2D eigenvalue weighted by Crippen LogP contribution is -2.05. The fourth-order valence-electron chi connectivity index (χ4n) is 1.61. The summed E-state index contributed by atoms with van der Waals surface area (Å²) in [4.78, 5) is 6.04. The summed E-state index contributed by atoms with van der Waals surface area (Å²) in [6.07, 6.45) is 3.11. The van der Waals surface area contributed by atoms with Crippen LogP contribution in [-0.2, 0) is 0 Å². The summed E-state index contributed by atoms with van der Waals surface area (Å²) >= 11 is 0. The largest absolute Gasteiger partial charge is 0.310 e. The van der Waals surface area contributed by atoms with E-state index in [9.17, 15) is 19.4 Å². The molecule has 114 valence electrons. The molecule has 0 bridgehead atoms. The average Bonchev–Trinajstić information content (AvgIpc) is 2.37. The molecule has 0 saturated carbocycles. The van der Waals surface area contributed by atoms with Gasteiger partial charge in [0.15, 0.2) is 0 Å². The molecule has 2 nitrogen and oxygen atoms in total. The second-order valence-electron chi connectivity index (χ2n) is 4.40. The predicted molar refractivity (Wildman–Crippen MR) is 73.9 cm³/mol. The second-order valence-corrected chi connectivity index (χ2v) is 6.81. The Bertz CT molecular complexity index is 678. The molecule has 1 heterocycles. The van der Waals surface area contributed by atoms with Gasteiger partial charge in [0.2, 0.25) is 0 Å². The highest BCUT2D eigenvalue weighted by Gasteiger charge is 2.65. The van der Waals surface area contributed by atoms with E-state index in [0.29, 0.717) is 23.4 Å². The van der Waals surface area contributed by atoms with Crippen molar-refractivity contribution in [2.24, 2.45) is 4.99 Å². The van der Waals surface area contributed by atoms with Gasteiger partial charge in [0.1, 0.15) is 4.90 Å². The van der Waals surface area contributed by atoms with Crippen LogP contribution in [0.25, 0.3) is 0 Å². The molecule has 1 aromatic heterocycles. The molecule has 0 radical (unpaired) electrons. The number of hydrogen-bond donors (Lipinski definition) is 0. The summed E-state index contributed by atoms with van der Waals surface area (Å²) in [5.74, 6) is 0. The maximum absolute atomic E-state index is 12.6. The summed E-state index contributed by atoms with van der Waals surface area (Å²) in [5.41, 5.74) is 1.36. The molecule has 0 saturated heterocycles. The fraction of sp³-hybridized carbons (Fsp3) is 0.0769. The molecule has 0 aliphatic carbocycles. The van der Waals surface area contributed by atoms with E-state index in [1.165, 1.54) is 0 Å². The Hall–Kier alpha value is -1.96. The number of nitrogens with zero attached hydrogens (tertiary/aromatic N) is 2. The van der Waals surface area contributed by atoms with Crippen LogP contribution in [0, 0.1) is 0 Å². The number of aliphatic imine (C=N–C) groups is 1. The third-order valence-corrected chi connectivity index (χ3v) is 3.82. The highest BCUT2D eigenvalue weighted by molar-refractivity contribution is 8.45. The maximum atomic E-state index is 12.6. The van der Waals surface area contributed by atoms with Gasteiger partial charge in [-0.1, -0.05) is 25.5 Å². The first-order valence-corrected chi connectivity index (χ1v) is 7.71. The molecule has 0 atom stereocenters. The van der Waals surface area contributed by atoms with E-state index in [1.807, 2.05) is 0 Å². The van der Waals surface area contributed by atoms with Crippen LogP contribution in [0.4, 0.5) is 25.1 Å². The van der Waals surface area contributed by atoms with Crippen LogP contribution >= 0.6 is 10.2 Å². The van der Waals surface area contributed by atoms with E-state index in [1.54, 1.807) is 31.5 Å². The molecule has 2 aromatic rings. The van der Waals surface area contributed by atoms with Gasteiger partial charge >= 0.3 is 10.2 Å². The van der Waals surface area contributed by atoms with Gasteiger partial charge in [-0.3, -0.25) is 9.98 Å². The molecular formula is C13H11F5N2S. The molecule has 0 unspecified atom stereocenters. The van der Waals surface area contributed by atoms with Crippen LogP contribution in [-0.4, -0.2) is 10.7 Å². The molecule has 0 amide bonds. The molecule has 1 aromatic carbocycles. The lowest BCUT2D eigenvalue weighted by molar-refractivity contribution is 0.364. The predicted octanol–water partition coefficient (Wildman–Crippen LogP) is 5.88. The second kappa shape index (κ2) is 4.27. The number of hydrogen-bond acceptors (Lipinski definition) is 2. The van der Waals surface area contributed by atoms with Gasteiger partial charge in [0, 0.05) is 23.7 Å². The van der Waals surface area contributed by atoms with Crippen LogP contribution in [0.15, 0.2) is 58.7 Å². The van der Waals surface area contributed by atoms with Gasteiger partial charge < -0.3 is 0 Å². The maximum Gasteiger partial charge on any atom is 0.310 e. The van der Waals surface area contributed by atoms with Crippen LogP contribution in [0.2, 0.25) is 0 Å². The highest BCUT2D eigenvalue weighted by atomic mass is 32.5. The number of benzene rings is 1. The zero-order valence-corrected chi connectivity index (χ0v) is 11.6. The van der Waals surface area contributed by atoms with Crippen molar-refractivity contribution in [3.8, 4) is 0 Å². The van der Waals surface area contributed by atoms with Gasteiger partial charge in [-0.15, -0.1) is 0 Å². The van der Waals surface area contributed by atoms with Gasteiger partial charge in [-0.2, -0.15) is 0 Å². The Balaban J connectivity index is 2.34.